The fraction of sp³-hybridized carbons (Fsp3) is 1.00. The van der Waals surface area contributed by atoms with Gasteiger partial charge in [0.15, 0.2) is 0 Å². The molecule has 4 heteroatoms. The number of hydrogen-bond donors (Lipinski definition) is 2. The lowest BCUT2D eigenvalue weighted by molar-refractivity contribution is 0.115. The molecule has 0 saturated carbocycles. The van der Waals surface area contributed by atoms with Gasteiger partial charge in [0.05, 0.1) is 25.1 Å². The van der Waals surface area contributed by atoms with Gasteiger partial charge in [0.1, 0.15) is 0 Å². The maximum atomic E-state index is 8.63. The molecule has 3 nitrogen and oxygen atoms in total. The molecule has 0 aliphatic rings. The van der Waals surface area contributed by atoms with Crippen molar-refractivity contribution >= 4 is 7.92 Å². The fourth-order valence-electron chi connectivity index (χ4n) is 0.381. The second-order valence-corrected chi connectivity index (χ2v) is 4.46. The first-order chi connectivity index (χ1) is 4.70. The van der Waals surface area contributed by atoms with Crippen LogP contribution in [0.2, 0.25) is 0 Å². The topological polar surface area (TPSA) is 49.7 Å². The third-order valence-electron chi connectivity index (χ3n) is 0.990. The van der Waals surface area contributed by atoms with E-state index in [1.54, 1.807) is 0 Å². The van der Waals surface area contributed by atoms with Crippen LogP contribution in [0.3, 0.4) is 0 Å². The Morgan fingerprint density at radius 1 is 1.30 bits per heavy atom. The first kappa shape index (κ1) is 10.3. The van der Waals surface area contributed by atoms with E-state index in [1.165, 1.54) is 0 Å². The molecule has 0 aromatic rings. The van der Waals surface area contributed by atoms with Gasteiger partial charge in [0.25, 0.3) is 0 Å². The van der Waals surface area contributed by atoms with Crippen molar-refractivity contribution < 1.29 is 14.9 Å². The van der Waals surface area contributed by atoms with Gasteiger partial charge in [-0.3, -0.25) is 0 Å². The molecule has 62 valence electrons. The molecule has 0 unspecified atom stereocenters. The van der Waals surface area contributed by atoms with Crippen LogP contribution in [0.4, 0.5) is 0 Å². The van der Waals surface area contributed by atoms with Crippen LogP contribution in [0.15, 0.2) is 0 Å². The van der Waals surface area contributed by atoms with Crippen molar-refractivity contribution in [1.82, 2.24) is 0 Å². The average molecular weight is 166 g/mol. The lowest BCUT2D eigenvalue weighted by Crippen LogP contribution is -2.05. The lowest BCUT2D eigenvalue weighted by atomic mass is 10.5. The van der Waals surface area contributed by atoms with Crippen LogP contribution in [0.25, 0.3) is 0 Å². The zero-order chi connectivity index (χ0) is 7.98. The van der Waals surface area contributed by atoms with Crippen LogP contribution in [0, 0.1) is 0 Å². The summed E-state index contributed by atoms with van der Waals surface area (Å²) in [5.41, 5.74) is 0. The van der Waals surface area contributed by atoms with Gasteiger partial charge < -0.3 is 14.9 Å². The second kappa shape index (κ2) is 6.05. The Bertz CT molecular complexity index is 73.4. The van der Waals surface area contributed by atoms with Crippen LogP contribution in [-0.4, -0.2) is 35.4 Å². The molecule has 2 N–H and O–H groups in total. The van der Waals surface area contributed by atoms with Crippen LogP contribution in [-0.2, 0) is 4.74 Å². The highest BCUT2D eigenvalue weighted by molar-refractivity contribution is 7.56. The van der Waals surface area contributed by atoms with Gasteiger partial charge in [-0.15, -0.1) is 0 Å². The zero-order valence-corrected chi connectivity index (χ0v) is 7.34. The first-order valence-corrected chi connectivity index (χ1v) is 5.16. The maximum Gasteiger partial charge on any atom is 0.0707 e. The van der Waals surface area contributed by atoms with Crippen molar-refractivity contribution in [3.63, 3.8) is 0 Å². The Hall–Kier alpha value is 0.310. The summed E-state index contributed by atoms with van der Waals surface area (Å²) in [5.74, 6) is 0. The molecule has 0 spiro atoms. The highest BCUT2D eigenvalue weighted by atomic mass is 31.1. The van der Waals surface area contributed by atoms with Gasteiger partial charge >= 0.3 is 0 Å². The monoisotopic (exact) mass is 166 g/mol. The van der Waals surface area contributed by atoms with Gasteiger partial charge in [0.2, 0.25) is 0 Å². The Labute approximate surface area is 62.8 Å². The molecule has 0 amide bonds. The Balaban J connectivity index is 3.26. The van der Waals surface area contributed by atoms with Crippen molar-refractivity contribution in [2.75, 3.05) is 19.0 Å². The van der Waals surface area contributed by atoms with E-state index < -0.39 is 7.92 Å². The molecule has 0 saturated heterocycles. The highest BCUT2D eigenvalue weighted by Crippen LogP contribution is 2.32. The summed E-state index contributed by atoms with van der Waals surface area (Å²) in [6, 6.07) is 0. The summed E-state index contributed by atoms with van der Waals surface area (Å²) in [6.07, 6.45) is 0.792. The van der Waals surface area contributed by atoms with Gasteiger partial charge in [-0.1, -0.05) is 0 Å². The number of hydrogen-bond acceptors (Lipinski definition) is 3. The van der Waals surface area contributed by atoms with Crippen LogP contribution < -0.4 is 0 Å². The molecule has 10 heavy (non-hydrogen) atoms. The molecule has 0 bridgehead atoms. The van der Waals surface area contributed by atoms with Crippen molar-refractivity contribution in [2.24, 2.45) is 0 Å². The largest absolute Gasteiger partial charge is 0.392 e. The minimum Gasteiger partial charge on any atom is -0.392 e. The van der Waals surface area contributed by atoms with Crippen molar-refractivity contribution in [3.05, 3.63) is 0 Å². The highest BCUT2D eigenvalue weighted by Gasteiger charge is 2.04. The Morgan fingerprint density at radius 3 is 2.10 bits per heavy atom. The van der Waals surface area contributed by atoms with E-state index in [0.717, 1.165) is 0 Å². The van der Waals surface area contributed by atoms with Crippen LogP contribution in [0.1, 0.15) is 13.8 Å². The normalized spacial score (nSPS) is 11.4. The number of rotatable bonds is 5. The first-order valence-electron chi connectivity index (χ1n) is 3.26. The third-order valence-corrected chi connectivity index (χ3v) is 2.30. The van der Waals surface area contributed by atoms with E-state index in [1.807, 2.05) is 13.8 Å². The van der Waals surface area contributed by atoms with E-state index in [-0.39, 0.29) is 18.8 Å². The summed E-state index contributed by atoms with van der Waals surface area (Å²) in [7, 11) is -0.700. The van der Waals surface area contributed by atoms with Gasteiger partial charge in [-0.2, -0.15) is 0 Å². The fourth-order valence-corrected chi connectivity index (χ4v) is 1.14. The molecule has 0 rings (SSSR count). The molecule has 0 radical (unpaired) electrons. The van der Waals surface area contributed by atoms with E-state index in [4.69, 9.17) is 14.9 Å². The molecule has 0 aromatic carbocycles. The predicted molar refractivity (Wildman–Crippen MR) is 42.2 cm³/mol. The van der Waals surface area contributed by atoms with E-state index in [2.05, 4.69) is 0 Å². The number of aliphatic hydroxyl groups is 2. The molecule has 0 heterocycles. The minimum atomic E-state index is -0.700. The standard InChI is InChI=1S/C6H15O3P/c1-6(2)9-5-10(3-7)4-8/h6-8H,3-5H2,1-2H3. The van der Waals surface area contributed by atoms with E-state index in [9.17, 15) is 0 Å². The van der Waals surface area contributed by atoms with Crippen LogP contribution >= 0.6 is 7.92 Å². The lowest BCUT2D eigenvalue weighted by Gasteiger charge is -2.13. The van der Waals surface area contributed by atoms with E-state index >= 15 is 0 Å². The smallest absolute Gasteiger partial charge is 0.0707 e. The quantitative estimate of drug-likeness (QED) is 0.592. The Kier molecular flexibility index (Phi) is 6.24. The van der Waals surface area contributed by atoms with Crippen LogP contribution in [0.5, 0.6) is 0 Å². The molecule has 0 fully saturated rings. The molecule has 0 atom stereocenters. The molecule has 0 aliphatic heterocycles. The third kappa shape index (κ3) is 5.12. The summed E-state index contributed by atoms with van der Waals surface area (Å²) in [6.45, 7) is 3.87. The number of ether oxygens (including phenoxy) is 1. The molecular formula is C6H15O3P. The molecule has 0 aliphatic carbocycles. The summed E-state index contributed by atoms with van der Waals surface area (Å²) in [4.78, 5) is 0. The zero-order valence-electron chi connectivity index (χ0n) is 6.45. The van der Waals surface area contributed by atoms with Crippen molar-refractivity contribution in [1.29, 1.82) is 0 Å². The van der Waals surface area contributed by atoms with Crippen molar-refractivity contribution in [2.45, 2.75) is 20.0 Å². The van der Waals surface area contributed by atoms with Gasteiger partial charge in [-0.05, 0) is 21.8 Å². The van der Waals surface area contributed by atoms with Gasteiger partial charge in [0, 0.05) is 0 Å². The van der Waals surface area contributed by atoms with Crippen molar-refractivity contribution in [3.8, 4) is 0 Å². The minimum absolute atomic E-state index is 0.0541. The second-order valence-electron chi connectivity index (χ2n) is 2.30. The SMILES string of the molecule is CC(C)OCP(CO)CO. The van der Waals surface area contributed by atoms with Gasteiger partial charge in [-0.25, -0.2) is 0 Å². The molecule has 0 aromatic heterocycles. The average Bonchev–Trinajstić information content (AvgIpc) is 1.90. The summed E-state index contributed by atoms with van der Waals surface area (Å²) >= 11 is 0. The summed E-state index contributed by atoms with van der Waals surface area (Å²) in [5, 5.41) is 17.3. The number of aliphatic hydroxyl groups excluding tert-OH is 2. The maximum absolute atomic E-state index is 8.63. The summed E-state index contributed by atoms with van der Waals surface area (Å²) < 4.78 is 5.19. The molecular weight excluding hydrogens is 151 g/mol. The predicted octanol–water partition coefficient (Wildman–Crippen LogP) is 0.750. The van der Waals surface area contributed by atoms with E-state index in [0.29, 0.717) is 6.35 Å². The Morgan fingerprint density at radius 2 is 1.80 bits per heavy atom.